The van der Waals surface area contributed by atoms with Gasteiger partial charge >= 0.3 is 0 Å². The Kier molecular flexibility index (Phi) is 6.08. The van der Waals surface area contributed by atoms with E-state index in [2.05, 4.69) is 15.6 Å². The van der Waals surface area contributed by atoms with Crippen molar-refractivity contribution in [2.75, 3.05) is 17.2 Å². The fraction of sp³-hybridized carbons (Fsp3) is 0.238. The molecular formula is C21H23N3O2S. The minimum atomic E-state index is -0.396. The smallest absolute Gasteiger partial charge is 0.246 e. The van der Waals surface area contributed by atoms with Crippen LogP contribution in [0.3, 0.4) is 0 Å². The van der Waals surface area contributed by atoms with Gasteiger partial charge in [-0.1, -0.05) is 24.3 Å². The predicted octanol–water partition coefficient (Wildman–Crippen LogP) is 4.96. The molecule has 0 bridgehead atoms. The molecule has 3 rings (SSSR count). The molecule has 1 aromatic heterocycles. The molecule has 6 heteroatoms. The summed E-state index contributed by atoms with van der Waals surface area (Å²) in [5, 5.41) is 9.24. The Hall–Kier alpha value is -2.86. The minimum absolute atomic E-state index is 0.124. The quantitative estimate of drug-likeness (QED) is 0.607. The van der Waals surface area contributed by atoms with Crippen LogP contribution < -0.4 is 15.4 Å². The van der Waals surface area contributed by atoms with Crippen molar-refractivity contribution in [3.05, 3.63) is 58.9 Å². The summed E-state index contributed by atoms with van der Waals surface area (Å²) in [6.45, 7) is 6.29. The number of aromatic nitrogens is 1. The van der Waals surface area contributed by atoms with Crippen LogP contribution in [0, 0.1) is 6.92 Å². The maximum Gasteiger partial charge on any atom is 0.246 e. The van der Waals surface area contributed by atoms with Gasteiger partial charge in [-0.3, -0.25) is 4.79 Å². The first-order valence-electron chi connectivity index (χ1n) is 8.88. The number of thiazole rings is 1. The van der Waals surface area contributed by atoms with Crippen molar-refractivity contribution in [2.45, 2.75) is 26.8 Å². The molecule has 1 heterocycles. The van der Waals surface area contributed by atoms with Gasteiger partial charge in [-0.15, -0.1) is 11.3 Å². The molecular weight excluding hydrogens is 358 g/mol. The Morgan fingerprint density at radius 1 is 1.19 bits per heavy atom. The molecule has 0 fully saturated rings. The summed E-state index contributed by atoms with van der Waals surface area (Å²) >= 11 is 1.63. The van der Waals surface area contributed by atoms with Crippen molar-refractivity contribution >= 4 is 28.6 Å². The zero-order valence-electron chi connectivity index (χ0n) is 15.7. The number of amides is 1. The molecule has 0 saturated heterocycles. The molecule has 140 valence electrons. The number of ether oxygens (including phenoxy) is 1. The maximum absolute atomic E-state index is 12.5. The SMILES string of the molecule is CCOc1ccccc1NC(=O)C(C)Nc1ccc(-c2csc(C)n2)cc1. The largest absolute Gasteiger partial charge is 0.492 e. The molecule has 27 heavy (non-hydrogen) atoms. The Balaban J connectivity index is 1.63. The average molecular weight is 382 g/mol. The van der Waals surface area contributed by atoms with Gasteiger partial charge in [0.15, 0.2) is 0 Å². The van der Waals surface area contributed by atoms with Gasteiger partial charge < -0.3 is 15.4 Å². The van der Waals surface area contributed by atoms with Crippen molar-refractivity contribution in [3.63, 3.8) is 0 Å². The van der Waals surface area contributed by atoms with E-state index in [1.54, 1.807) is 11.3 Å². The maximum atomic E-state index is 12.5. The minimum Gasteiger partial charge on any atom is -0.492 e. The highest BCUT2D eigenvalue weighted by molar-refractivity contribution is 7.09. The summed E-state index contributed by atoms with van der Waals surface area (Å²) in [5.41, 5.74) is 3.59. The molecule has 1 unspecified atom stereocenters. The average Bonchev–Trinajstić information content (AvgIpc) is 3.10. The molecule has 0 aliphatic carbocycles. The highest BCUT2D eigenvalue weighted by Gasteiger charge is 2.15. The second kappa shape index (κ2) is 8.68. The van der Waals surface area contributed by atoms with Gasteiger partial charge in [0.1, 0.15) is 11.8 Å². The van der Waals surface area contributed by atoms with Crippen LogP contribution in [0.15, 0.2) is 53.9 Å². The number of carbonyl (C=O) groups excluding carboxylic acids is 1. The molecule has 0 aliphatic heterocycles. The van der Waals surface area contributed by atoms with Crippen molar-refractivity contribution in [2.24, 2.45) is 0 Å². The Labute approximate surface area is 163 Å². The van der Waals surface area contributed by atoms with E-state index in [4.69, 9.17) is 4.74 Å². The van der Waals surface area contributed by atoms with Crippen molar-refractivity contribution < 1.29 is 9.53 Å². The lowest BCUT2D eigenvalue weighted by Gasteiger charge is -2.17. The molecule has 0 spiro atoms. The van der Waals surface area contributed by atoms with E-state index in [1.807, 2.05) is 74.7 Å². The first-order chi connectivity index (χ1) is 13.1. The van der Waals surface area contributed by atoms with Gasteiger partial charge in [-0.25, -0.2) is 4.98 Å². The molecule has 2 N–H and O–H groups in total. The summed E-state index contributed by atoms with van der Waals surface area (Å²) in [5.74, 6) is 0.546. The molecule has 2 aromatic carbocycles. The number of para-hydroxylation sites is 2. The van der Waals surface area contributed by atoms with E-state index in [0.29, 0.717) is 18.0 Å². The highest BCUT2D eigenvalue weighted by Crippen LogP contribution is 2.25. The fourth-order valence-corrected chi connectivity index (χ4v) is 3.26. The first kappa shape index (κ1) is 18.9. The molecule has 0 radical (unpaired) electrons. The van der Waals surface area contributed by atoms with E-state index in [0.717, 1.165) is 22.0 Å². The lowest BCUT2D eigenvalue weighted by Crippen LogP contribution is -2.32. The van der Waals surface area contributed by atoms with Crippen molar-refractivity contribution in [1.82, 2.24) is 4.98 Å². The third-order valence-corrected chi connectivity index (χ3v) is 4.79. The second-order valence-electron chi connectivity index (χ2n) is 6.11. The lowest BCUT2D eigenvalue weighted by atomic mass is 10.1. The summed E-state index contributed by atoms with van der Waals surface area (Å²) in [4.78, 5) is 17.0. The number of hydrogen-bond acceptors (Lipinski definition) is 5. The zero-order chi connectivity index (χ0) is 19.2. The normalized spacial score (nSPS) is 11.7. The standard InChI is InChI=1S/C21H23N3O2S/c1-4-26-20-8-6-5-7-18(20)24-21(25)14(2)22-17-11-9-16(10-12-17)19-13-27-15(3)23-19/h5-14,22H,4H2,1-3H3,(H,24,25). The van der Waals surface area contributed by atoms with Gasteiger partial charge in [-0.05, 0) is 45.0 Å². The van der Waals surface area contributed by atoms with Gasteiger partial charge in [0.2, 0.25) is 5.91 Å². The van der Waals surface area contributed by atoms with Crippen LogP contribution in [0.25, 0.3) is 11.3 Å². The predicted molar refractivity (Wildman–Crippen MR) is 112 cm³/mol. The number of hydrogen-bond donors (Lipinski definition) is 2. The molecule has 0 aliphatic rings. The topological polar surface area (TPSA) is 63.2 Å². The first-order valence-corrected chi connectivity index (χ1v) is 9.76. The third-order valence-electron chi connectivity index (χ3n) is 4.02. The number of carbonyl (C=O) groups is 1. The number of anilines is 2. The number of aryl methyl sites for hydroxylation is 1. The third kappa shape index (κ3) is 4.86. The Bertz CT molecular complexity index is 906. The second-order valence-corrected chi connectivity index (χ2v) is 7.18. The summed E-state index contributed by atoms with van der Waals surface area (Å²) in [6.07, 6.45) is 0. The van der Waals surface area contributed by atoms with Crippen LogP contribution in [0.1, 0.15) is 18.9 Å². The van der Waals surface area contributed by atoms with Crippen LogP contribution in [-0.2, 0) is 4.79 Å². The molecule has 0 saturated carbocycles. The number of benzene rings is 2. The van der Waals surface area contributed by atoms with Gasteiger partial charge in [0.25, 0.3) is 0 Å². The van der Waals surface area contributed by atoms with Gasteiger partial charge in [-0.2, -0.15) is 0 Å². The monoisotopic (exact) mass is 381 g/mol. The van der Waals surface area contributed by atoms with E-state index in [9.17, 15) is 4.79 Å². The van der Waals surface area contributed by atoms with Crippen molar-refractivity contribution in [3.8, 4) is 17.0 Å². The number of nitrogens with zero attached hydrogens (tertiary/aromatic N) is 1. The molecule has 5 nitrogen and oxygen atoms in total. The van der Waals surface area contributed by atoms with E-state index >= 15 is 0 Å². The van der Waals surface area contributed by atoms with Gasteiger partial charge in [0.05, 0.1) is 23.0 Å². The Morgan fingerprint density at radius 2 is 1.93 bits per heavy atom. The van der Waals surface area contributed by atoms with Crippen LogP contribution in [0.4, 0.5) is 11.4 Å². The zero-order valence-corrected chi connectivity index (χ0v) is 16.5. The Morgan fingerprint density at radius 3 is 2.59 bits per heavy atom. The summed E-state index contributed by atoms with van der Waals surface area (Å²) < 4.78 is 5.55. The molecule has 1 atom stereocenters. The van der Waals surface area contributed by atoms with Gasteiger partial charge in [0, 0.05) is 16.6 Å². The van der Waals surface area contributed by atoms with E-state index in [-0.39, 0.29) is 5.91 Å². The van der Waals surface area contributed by atoms with Crippen LogP contribution in [0.2, 0.25) is 0 Å². The summed E-state index contributed by atoms with van der Waals surface area (Å²) in [7, 11) is 0. The molecule has 1 amide bonds. The summed E-state index contributed by atoms with van der Waals surface area (Å²) in [6, 6.07) is 15.0. The lowest BCUT2D eigenvalue weighted by molar-refractivity contribution is -0.116. The van der Waals surface area contributed by atoms with E-state index < -0.39 is 6.04 Å². The number of rotatable bonds is 7. The number of nitrogens with one attached hydrogen (secondary N) is 2. The highest BCUT2D eigenvalue weighted by atomic mass is 32.1. The van der Waals surface area contributed by atoms with Crippen LogP contribution >= 0.6 is 11.3 Å². The molecule has 3 aromatic rings. The van der Waals surface area contributed by atoms with Crippen molar-refractivity contribution in [1.29, 1.82) is 0 Å². The van der Waals surface area contributed by atoms with Crippen LogP contribution in [0.5, 0.6) is 5.75 Å². The van der Waals surface area contributed by atoms with Crippen LogP contribution in [-0.4, -0.2) is 23.5 Å². The fourth-order valence-electron chi connectivity index (χ4n) is 2.64. The van der Waals surface area contributed by atoms with E-state index in [1.165, 1.54) is 0 Å².